The molecule has 3 rings (SSSR count). The molecule has 0 radical (unpaired) electrons. The molecule has 7 heteroatoms. The first kappa shape index (κ1) is 13.7. The van der Waals surface area contributed by atoms with Gasteiger partial charge in [0.25, 0.3) is 0 Å². The Morgan fingerprint density at radius 1 is 1.20 bits per heavy atom. The Morgan fingerprint density at radius 3 is 2.55 bits per heavy atom. The molecule has 0 saturated carbocycles. The molecule has 1 aromatic carbocycles. The van der Waals surface area contributed by atoms with Gasteiger partial charge < -0.3 is 25.4 Å². The van der Waals surface area contributed by atoms with Gasteiger partial charge in [-0.3, -0.25) is 4.90 Å². The summed E-state index contributed by atoms with van der Waals surface area (Å²) in [4.78, 5) is 1.75. The number of aliphatic hydroxyl groups is 3. The van der Waals surface area contributed by atoms with E-state index in [9.17, 15) is 15.3 Å². The van der Waals surface area contributed by atoms with Crippen LogP contribution < -0.4 is 10.2 Å². The van der Waals surface area contributed by atoms with Gasteiger partial charge in [0.15, 0.2) is 11.3 Å². The van der Waals surface area contributed by atoms with E-state index in [1.807, 2.05) is 30.3 Å². The smallest absolute Gasteiger partial charge is 0.176 e. The SMILES string of the molecule is OC[C@@H]1O[C@H]2[C@H](NC(=S)N2c2ccccc2)[C@H](O)[C@@H]1O. The zero-order valence-corrected chi connectivity index (χ0v) is 11.4. The van der Waals surface area contributed by atoms with Crippen molar-refractivity contribution in [1.82, 2.24) is 5.32 Å². The van der Waals surface area contributed by atoms with Gasteiger partial charge in [0.05, 0.1) is 6.61 Å². The van der Waals surface area contributed by atoms with Crippen LogP contribution in [0.4, 0.5) is 5.69 Å². The predicted molar refractivity (Wildman–Crippen MR) is 76.2 cm³/mol. The predicted octanol–water partition coefficient (Wildman–Crippen LogP) is -0.811. The van der Waals surface area contributed by atoms with Gasteiger partial charge in [-0.25, -0.2) is 0 Å². The molecule has 0 amide bonds. The second-order valence-corrected chi connectivity index (χ2v) is 5.30. The molecule has 6 nitrogen and oxygen atoms in total. The van der Waals surface area contributed by atoms with Crippen LogP contribution in [0.2, 0.25) is 0 Å². The zero-order chi connectivity index (χ0) is 14.3. The van der Waals surface area contributed by atoms with Crippen LogP contribution in [-0.2, 0) is 4.74 Å². The second-order valence-electron chi connectivity index (χ2n) is 4.91. The Hall–Kier alpha value is -1.25. The molecule has 108 valence electrons. The molecule has 1 aromatic rings. The number of nitrogens with zero attached hydrogens (tertiary/aromatic N) is 1. The van der Waals surface area contributed by atoms with Crippen molar-refractivity contribution in [2.24, 2.45) is 0 Å². The number of para-hydroxylation sites is 1. The van der Waals surface area contributed by atoms with E-state index in [0.29, 0.717) is 5.11 Å². The fraction of sp³-hybridized carbons (Fsp3) is 0.462. The van der Waals surface area contributed by atoms with Crippen LogP contribution in [0, 0.1) is 0 Å². The fourth-order valence-electron chi connectivity index (χ4n) is 2.65. The van der Waals surface area contributed by atoms with Crippen molar-refractivity contribution in [2.75, 3.05) is 11.5 Å². The molecule has 2 aliphatic heterocycles. The number of aliphatic hydroxyl groups excluding tert-OH is 3. The third-order valence-electron chi connectivity index (χ3n) is 3.70. The van der Waals surface area contributed by atoms with Crippen LogP contribution >= 0.6 is 12.2 Å². The number of fused-ring (bicyclic) bond motifs is 1. The van der Waals surface area contributed by atoms with Crippen molar-refractivity contribution < 1.29 is 20.1 Å². The summed E-state index contributed by atoms with van der Waals surface area (Å²) in [6, 6.07) is 8.88. The maximum Gasteiger partial charge on any atom is 0.176 e. The molecule has 2 saturated heterocycles. The molecular formula is C13H16N2O4S. The minimum Gasteiger partial charge on any atom is -0.394 e. The van der Waals surface area contributed by atoms with Gasteiger partial charge in [-0.15, -0.1) is 0 Å². The highest BCUT2D eigenvalue weighted by atomic mass is 32.1. The van der Waals surface area contributed by atoms with E-state index in [1.165, 1.54) is 0 Å². The van der Waals surface area contributed by atoms with Gasteiger partial charge in [0.2, 0.25) is 0 Å². The molecule has 20 heavy (non-hydrogen) atoms. The lowest BCUT2D eigenvalue weighted by Gasteiger charge is -2.40. The highest BCUT2D eigenvalue weighted by Gasteiger charge is 2.51. The number of nitrogens with one attached hydrogen (secondary N) is 1. The third-order valence-corrected chi connectivity index (χ3v) is 4.01. The summed E-state index contributed by atoms with van der Waals surface area (Å²) in [5.74, 6) is 0. The quantitative estimate of drug-likeness (QED) is 0.531. The van der Waals surface area contributed by atoms with E-state index in [2.05, 4.69) is 5.32 Å². The van der Waals surface area contributed by atoms with E-state index in [1.54, 1.807) is 4.90 Å². The Labute approximate surface area is 121 Å². The summed E-state index contributed by atoms with van der Waals surface area (Å²) in [6.07, 6.45) is -3.59. The van der Waals surface area contributed by atoms with Crippen LogP contribution in [0.3, 0.4) is 0 Å². The van der Waals surface area contributed by atoms with Crippen LogP contribution in [0.15, 0.2) is 30.3 Å². The molecule has 0 aromatic heterocycles. The highest BCUT2D eigenvalue weighted by molar-refractivity contribution is 7.80. The fourth-order valence-corrected chi connectivity index (χ4v) is 3.00. The number of hydrogen-bond donors (Lipinski definition) is 4. The van der Waals surface area contributed by atoms with Gasteiger partial charge in [0, 0.05) is 5.69 Å². The molecule has 2 heterocycles. The summed E-state index contributed by atoms with van der Waals surface area (Å²) in [6.45, 7) is -0.364. The minimum absolute atomic E-state index is 0.364. The first-order valence-corrected chi connectivity index (χ1v) is 6.81. The summed E-state index contributed by atoms with van der Waals surface area (Å²) < 4.78 is 5.70. The molecule has 0 spiro atoms. The van der Waals surface area contributed by atoms with Crippen LogP contribution in [0.1, 0.15) is 0 Å². The Kier molecular flexibility index (Phi) is 3.61. The van der Waals surface area contributed by atoms with Crippen LogP contribution in [0.5, 0.6) is 0 Å². The number of rotatable bonds is 2. The summed E-state index contributed by atoms with van der Waals surface area (Å²) >= 11 is 5.28. The largest absolute Gasteiger partial charge is 0.394 e. The van der Waals surface area contributed by atoms with Gasteiger partial charge in [-0.2, -0.15) is 0 Å². The molecule has 2 aliphatic rings. The maximum atomic E-state index is 10.1. The number of hydrogen-bond acceptors (Lipinski definition) is 5. The van der Waals surface area contributed by atoms with Crippen molar-refractivity contribution >= 4 is 23.0 Å². The summed E-state index contributed by atoms with van der Waals surface area (Å²) in [7, 11) is 0. The van der Waals surface area contributed by atoms with E-state index in [-0.39, 0.29) is 6.61 Å². The van der Waals surface area contributed by atoms with Crippen molar-refractivity contribution in [2.45, 2.75) is 30.6 Å². The van der Waals surface area contributed by atoms with Crippen LogP contribution in [-0.4, -0.2) is 57.6 Å². The maximum absolute atomic E-state index is 10.1. The average molecular weight is 296 g/mol. The Balaban J connectivity index is 1.92. The van der Waals surface area contributed by atoms with Gasteiger partial charge in [-0.1, -0.05) is 18.2 Å². The third kappa shape index (κ3) is 2.07. The standard InChI is InChI=1S/C13H16N2O4S/c16-6-8-10(17)11(18)9-12(19-8)15(13(20)14-9)7-4-2-1-3-5-7/h1-5,8-12,16-18H,6H2,(H,14,20)/t8-,9+,10+,11-,12-/m0/s1. The highest BCUT2D eigenvalue weighted by Crippen LogP contribution is 2.31. The van der Waals surface area contributed by atoms with E-state index in [0.717, 1.165) is 5.69 Å². The summed E-state index contributed by atoms with van der Waals surface area (Å²) in [5, 5.41) is 32.7. The van der Waals surface area contributed by atoms with Gasteiger partial charge in [0.1, 0.15) is 24.4 Å². The van der Waals surface area contributed by atoms with Gasteiger partial charge >= 0.3 is 0 Å². The van der Waals surface area contributed by atoms with E-state index >= 15 is 0 Å². The topological polar surface area (TPSA) is 85.2 Å². The minimum atomic E-state index is -1.15. The first-order valence-electron chi connectivity index (χ1n) is 6.40. The summed E-state index contributed by atoms with van der Waals surface area (Å²) in [5.41, 5.74) is 0.831. The average Bonchev–Trinajstić information content (AvgIpc) is 2.80. The van der Waals surface area contributed by atoms with Gasteiger partial charge in [-0.05, 0) is 24.4 Å². The molecule has 0 unspecified atom stereocenters. The normalized spacial score (nSPS) is 36.6. The molecule has 0 bridgehead atoms. The van der Waals surface area contributed by atoms with E-state index in [4.69, 9.17) is 17.0 Å². The molecule has 4 N–H and O–H groups in total. The van der Waals surface area contributed by atoms with Crippen molar-refractivity contribution in [3.8, 4) is 0 Å². The first-order chi connectivity index (χ1) is 9.63. The Morgan fingerprint density at radius 2 is 1.90 bits per heavy atom. The van der Waals surface area contributed by atoms with E-state index < -0.39 is 30.6 Å². The number of benzene rings is 1. The molecule has 2 fully saturated rings. The number of ether oxygens (including phenoxy) is 1. The number of thiocarbonyl (C=S) groups is 1. The lowest BCUT2D eigenvalue weighted by atomic mass is 9.97. The molecule has 0 aliphatic carbocycles. The second kappa shape index (κ2) is 5.27. The lowest BCUT2D eigenvalue weighted by Crippen LogP contribution is -2.61. The van der Waals surface area contributed by atoms with Crippen LogP contribution in [0.25, 0.3) is 0 Å². The zero-order valence-electron chi connectivity index (χ0n) is 10.6. The van der Waals surface area contributed by atoms with Crippen molar-refractivity contribution in [1.29, 1.82) is 0 Å². The number of anilines is 1. The van der Waals surface area contributed by atoms with Crippen molar-refractivity contribution in [3.63, 3.8) is 0 Å². The monoisotopic (exact) mass is 296 g/mol. The molecular weight excluding hydrogens is 280 g/mol. The molecule has 5 atom stereocenters. The lowest BCUT2D eigenvalue weighted by molar-refractivity contribution is -0.184. The Bertz CT molecular complexity index is 500. The van der Waals surface area contributed by atoms with Crippen molar-refractivity contribution in [3.05, 3.63) is 30.3 Å².